The third-order valence-electron chi connectivity index (χ3n) is 2.74. The van der Waals surface area contributed by atoms with Crippen molar-refractivity contribution in [2.45, 2.75) is 15.3 Å². The van der Waals surface area contributed by atoms with Gasteiger partial charge in [-0.1, -0.05) is 0 Å². The molecule has 2 amide bonds. The Morgan fingerprint density at radius 3 is 1.72 bits per heavy atom. The highest BCUT2D eigenvalue weighted by Gasteiger charge is 2.29. The van der Waals surface area contributed by atoms with Crippen LogP contribution >= 0.6 is 11.8 Å². The van der Waals surface area contributed by atoms with Gasteiger partial charge in [0, 0.05) is 16.3 Å². The molecule has 5 nitrogen and oxygen atoms in total. The Bertz CT molecular complexity index is 851. The van der Waals surface area contributed by atoms with Gasteiger partial charge in [-0.15, -0.1) is 3.89 Å². The van der Waals surface area contributed by atoms with E-state index in [0.29, 0.717) is 0 Å². The summed E-state index contributed by atoms with van der Waals surface area (Å²) in [5.74, 6) is 0. The fourth-order valence-corrected chi connectivity index (χ4v) is 2.73. The Balaban J connectivity index is 1.96. The maximum absolute atomic E-state index is 12.7. The van der Waals surface area contributed by atoms with E-state index in [1.54, 1.807) is 0 Å². The number of thioether (sulfide) groups is 1. The molecule has 2 N–H and O–H groups in total. The SMILES string of the molecule is O=C(Nc1ccc(SC(F)(F)F)cc1)Nc1ccc(S(=O)(=O)F)cc1. The molecule has 0 saturated heterocycles. The monoisotopic (exact) mass is 394 g/mol. The van der Waals surface area contributed by atoms with Crippen molar-refractivity contribution >= 4 is 39.4 Å². The topological polar surface area (TPSA) is 75.3 Å². The molecule has 11 heteroatoms. The first-order valence-corrected chi connectivity index (χ1v) is 8.71. The van der Waals surface area contributed by atoms with Crippen LogP contribution in [-0.4, -0.2) is 20.0 Å². The van der Waals surface area contributed by atoms with Crippen molar-refractivity contribution in [3.8, 4) is 0 Å². The fourth-order valence-electron chi connectivity index (χ4n) is 1.73. The van der Waals surface area contributed by atoms with Gasteiger partial charge in [0.2, 0.25) is 0 Å². The molecule has 0 aliphatic carbocycles. The molecule has 0 spiro atoms. The maximum atomic E-state index is 12.7. The van der Waals surface area contributed by atoms with Crippen molar-refractivity contribution < 1.29 is 30.3 Å². The number of carbonyl (C=O) groups excluding carboxylic acids is 1. The number of nitrogens with one attached hydrogen (secondary N) is 2. The summed E-state index contributed by atoms with van der Waals surface area (Å²) in [6.45, 7) is 0. The molecule has 0 atom stereocenters. The first-order valence-electron chi connectivity index (χ1n) is 6.51. The molecule has 134 valence electrons. The van der Waals surface area contributed by atoms with Crippen molar-refractivity contribution in [3.63, 3.8) is 0 Å². The Hall–Kier alpha value is -2.27. The highest BCUT2D eigenvalue weighted by Crippen LogP contribution is 2.37. The van der Waals surface area contributed by atoms with Crippen LogP contribution in [0.1, 0.15) is 0 Å². The van der Waals surface area contributed by atoms with E-state index in [0.717, 1.165) is 12.1 Å². The molecule has 0 saturated carbocycles. The molecule has 0 bridgehead atoms. The van der Waals surface area contributed by atoms with E-state index in [1.165, 1.54) is 36.4 Å². The third-order valence-corrected chi connectivity index (χ3v) is 4.31. The van der Waals surface area contributed by atoms with Crippen molar-refractivity contribution in [3.05, 3.63) is 48.5 Å². The number of hydrogen-bond acceptors (Lipinski definition) is 4. The van der Waals surface area contributed by atoms with Gasteiger partial charge >= 0.3 is 21.8 Å². The van der Waals surface area contributed by atoms with Crippen LogP contribution < -0.4 is 10.6 Å². The lowest BCUT2D eigenvalue weighted by molar-refractivity contribution is -0.0328. The number of anilines is 2. The van der Waals surface area contributed by atoms with Crippen molar-refractivity contribution in [1.82, 2.24) is 0 Å². The quantitative estimate of drug-likeness (QED) is 0.452. The predicted octanol–water partition coefficient (Wildman–Crippen LogP) is 4.60. The van der Waals surface area contributed by atoms with Gasteiger partial charge in [0.15, 0.2) is 0 Å². The smallest absolute Gasteiger partial charge is 0.308 e. The highest BCUT2D eigenvalue weighted by molar-refractivity contribution is 8.00. The van der Waals surface area contributed by atoms with Crippen LogP contribution in [0.2, 0.25) is 0 Å². The molecule has 0 heterocycles. The molecule has 0 fully saturated rings. The molecular formula is C14H10F4N2O3S2. The summed E-state index contributed by atoms with van der Waals surface area (Å²) >= 11 is -0.274. The van der Waals surface area contributed by atoms with Gasteiger partial charge in [-0.05, 0) is 60.3 Å². The first kappa shape index (κ1) is 19.1. The van der Waals surface area contributed by atoms with Gasteiger partial charge < -0.3 is 10.6 Å². The van der Waals surface area contributed by atoms with Crippen LogP contribution in [0.5, 0.6) is 0 Å². The Labute approximate surface area is 144 Å². The van der Waals surface area contributed by atoms with Crippen molar-refractivity contribution in [1.29, 1.82) is 0 Å². The number of amides is 2. The number of urea groups is 1. The number of alkyl halides is 3. The highest BCUT2D eigenvalue weighted by atomic mass is 32.3. The zero-order valence-electron chi connectivity index (χ0n) is 12.2. The summed E-state index contributed by atoms with van der Waals surface area (Å²) in [7, 11) is -4.82. The molecule has 0 aliphatic rings. The molecular weight excluding hydrogens is 384 g/mol. The third kappa shape index (κ3) is 6.27. The summed E-state index contributed by atoms with van der Waals surface area (Å²) in [6.07, 6.45) is 0. The zero-order chi connectivity index (χ0) is 18.7. The second kappa shape index (κ2) is 7.31. The second-order valence-electron chi connectivity index (χ2n) is 4.61. The van der Waals surface area contributed by atoms with E-state index >= 15 is 0 Å². The van der Waals surface area contributed by atoms with Crippen LogP contribution in [0, 0.1) is 0 Å². The molecule has 2 aromatic carbocycles. The lowest BCUT2D eigenvalue weighted by atomic mass is 10.3. The van der Waals surface area contributed by atoms with E-state index in [4.69, 9.17) is 0 Å². The summed E-state index contributed by atoms with van der Waals surface area (Å²) < 4.78 is 70.8. The Kier molecular flexibility index (Phi) is 5.58. The number of hydrogen-bond donors (Lipinski definition) is 2. The van der Waals surface area contributed by atoms with Gasteiger partial charge in [0.05, 0.1) is 4.90 Å². The van der Waals surface area contributed by atoms with E-state index in [2.05, 4.69) is 10.6 Å². The molecule has 0 aliphatic heterocycles. The average molecular weight is 394 g/mol. The standard InChI is InChI=1S/C14H10F4N2O3S2/c15-14(16,17)24-11-5-1-9(2-6-11)19-13(21)20-10-3-7-12(8-4-10)25(18,22)23/h1-8H,(H2,19,20,21). The van der Waals surface area contributed by atoms with Gasteiger partial charge in [-0.2, -0.15) is 21.6 Å². The van der Waals surface area contributed by atoms with Crippen LogP contribution in [0.3, 0.4) is 0 Å². The summed E-state index contributed by atoms with van der Waals surface area (Å²) in [4.78, 5) is 11.2. The zero-order valence-corrected chi connectivity index (χ0v) is 13.8. The van der Waals surface area contributed by atoms with E-state index in [1.807, 2.05) is 0 Å². The van der Waals surface area contributed by atoms with Gasteiger partial charge in [0.1, 0.15) is 0 Å². The van der Waals surface area contributed by atoms with E-state index in [9.17, 15) is 30.3 Å². The molecule has 0 radical (unpaired) electrons. The van der Waals surface area contributed by atoms with Gasteiger partial charge in [-0.3, -0.25) is 0 Å². The molecule has 2 rings (SSSR count). The van der Waals surface area contributed by atoms with Gasteiger partial charge in [0.25, 0.3) is 0 Å². The maximum Gasteiger partial charge on any atom is 0.446 e. The average Bonchev–Trinajstić information content (AvgIpc) is 2.47. The van der Waals surface area contributed by atoms with Crippen LogP contribution in [-0.2, 0) is 10.2 Å². The van der Waals surface area contributed by atoms with Crippen molar-refractivity contribution in [2.24, 2.45) is 0 Å². The lowest BCUT2D eigenvalue weighted by Gasteiger charge is -2.09. The predicted molar refractivity (Wildman–Crippen MR) is 85.7 cm³/mol. The van der Waals surface area contributed by atoms with E-state index in [-0.39, 0.29) is 28.0 Å². The minimum Gasteiger partial charge on any atom is -0.308 e. The minimum absolute atomic E-state index is 0.0264. The summed E-state index contributed by atoms with van der Waals surface area (Å²) in [5, 5.41) is 4.76. The minimum atomic E-state index is -4.82. The molecule has 2 aromatic rings. The molecule has 0 unspecified atom stereocenters. The number of carbonyl (C=O) groups is 1. The molecule has 0 aromatic heterocycles. The van der Waals surface area contributed by atoms with Crippen LogP contribution in [0.15, 0.2) is 58.3 Å². The first-order chi connectivity index (χ1) is 11.5. The lowest BCUT2D eigenvalue weighted by Crippen LogP contribution is -2.19. The fraction of sp³-hybridized carbons (Fsp3) is 0.0714. The van der Waals surface area contributed by atoms with E-state index < -0.39 is 26.7 Å². The van der Waals surface area contributed by atoms with Crippen LogP contribution in [0.25, 0.3) is 0 Å². The number of benzene rings is 2. The van der Waals surface area contributed by atoms with Gasteiger partial charge in [-0.25, -0.2) is 4.79 Å². The Morgan fingerprint density at radius 1 is 0.880 bits per heavy atom. The normalized spacial score (nSPS) is 11.8. The molecule has 25 heavy (non-hydrogen) atoms. The number of rotatable bonds is 4. The van der Waals surface area contributed by atoms with Crippen LogP contribution in [0.4, 0.5) is 33.2 Å². The number of halogens is 4. The summed E-state index contributed by atoms with van der Waals surface area (Å²) in [6, 6.07) is 8.64. The Morgan fingerprint density at radius 2 is 1.32 bits per heavy atom. The second-order valence-corrected chi connectivity index (χ2v) is 7.10. The largest absolute Gasteiger partial charge is 0.446 e. The summed E-state index contributed by atoms with van der Waals surface area (Å²) in [5.41, 5.74) is -3.94. The van der Waals surface area contributed by atoms with Crippen molar-refractivity contribution in [2.75, 3.05) is 10.6 Å².